The normalized spacial score (nSPS) is 11.2. The molecule has 0 spiro atoms. The third-order valence-electron chi connectivity index (χ3n) is 3.48. The van der Waals surface area contributed by atoms with Crippen molar-refractivity contribution in [3.8, 4) is 5.75 Å². The summed E-state index contributed by atoms with van der Waals surface area (Å²) in [7, 11) is 0. The van der Waals surface area contributed by atoms with E-state index in [1.165, 1.54) is 23.9 Å². The lowest BCUT2D eigenvalue weighted by Gasteiger charge is -2.07. The predicted molar refractivity (Wildman–Crippen MR) is 94.6 cm³/mol. The molecular formula is C16H16N2O4S2. The highest BCUT2D eigenvalue weighted by Crippen LogP contribution is 2.30. The Morgan fingerprint density at radius 2 is 1.96 bits per heavy atom. The van der Waals surface area contributed by atoms with Gasteiger partial charge in [0, 0.05) is 23.3 Å². The summed E-state index contributed by atoms with van der Waals surface area (Å²) < 4.78 is 10.7. The van der Waals surface area contributed by atoms with Crippen LogP contribution < -0.4 is 5.63 Å². The molecule has 2 aromatic heterocycles. The van der Waals surface area contributed by atoms with Gasteiger partial charge in [-0.25, -0.2) is 4.79 Å². The number of thioether (sulfide) groups is 2. The Labute approximate surface area is 146 Å². The minimum absolute atomic E-state index is 0.136. The molecule has 0 aliphatic carbocycles. The van der Waals surface area contributed by atoms with Crippen molar-refractivity contribution < 1.29 is 13.9 Å². The molecule has 0 unspecified atom stereocenters. The summed E-state index contributed by atoms with van der Waals surface area (Å²) >= 11 is 2.98. The second kappa shape index (κ2) is 7.31. The molecule has 6 nitrogen and oxygen atoms in total. The molecule has 24 heavy (non-hydrogen) atoms. The molecular weight excluding hydrogens is 348 g/mol. The number of benzene rings is 1. The van der Waals surface area contributed by atoms with E-state index in [1.807, 2.05) is 19.2 Å². The van der Waals surface area contributed by atoms with Crippen molar-refractivity contribution in [2.24, 2.45) is 0 Å². The third kappa shape index (κ3) is 3.59. The second-order valence-electron chi connectivity index (χ2n) is 5.10. The number of aryl methyl sites for hydroxylation is 1. The molecule has 3 rings (SSSR count). The molecule has 0 aliphatic rings. The zero-order valence-corrected chi connectivity index (χ0v) is 14.9. The average molecular weight is 364 g/mol. The molecule has 0 radical (unpaired) electrons. The van der Waals surface area contributed by atoms with Crippen LogP contribution in [0.25, 0.3) is 11.0 Å². The number of rotatable bonds is 6. The molecule has 0 atom stereocenters. The van der Waals surface area contributed by atoms with Gasteiger partial charge in [-0.05, 0) is 29.9 Å². The van der Waals surface area contributed by atoms with E-state index in [0.29, 0.717) is 34.6 Å². The highest BCUT2D eigenvalue weighted by atomic mass is 32.2. The van der Waals surface area contributed by atoms with Gasteiger partial charge in [0.1, 0.15) is 11.3 Å². The molecule has 1 aromatic carbocycles. The SMILES string of the molecule is CCc1cc2c(CSc3nnc(CSC)o3)cc(=O)oc2cc1O. The summed E-state index contributed by atoms with van der Waals surface area (Å²) in [6, 6.07) is 4.81. The van der Waals surface area contributed by atoms with Gasteiger partial charge in [0.05, 0.1) is 5.75 Å². The fourth-order valence-corrected chi connectivity index (χ4v) is 3.46. The van der Waals surface area contributed by atoms with E-state index in [2.05, 4.69) is 10.2 Å². The fraction of sp³-hybridized carbons (Fsp3) is 0.312. The fourth-order valence-electron chi connectivity index (χ4n) is 2.33. The summed E-state index contributed by atoms with van der Waals surface area (Å²) in [5, 5.41) is 19.2. The Bertz CT molecular complexity index is 920. The first-order valence-corrected chi connectivity index (χ1v) is 9.71. The lowest BCUT2D eigenvalue weighted by molar-refractivity contribution is 0.426. The standard InChI is InChI=1S/C16H16N2O4S2/c1-3-9-4-11-10(5-15(20)21-13(11)6-12(9)19)7-24-16-18-17-14(22-16)8-23-2/h4-6,19H,3,7-8H2,1-2H3. The minimum atomic E-state index is -0.449. The van der Waals surface area contributed by atoms with Crippen molar-refractivity contribution in [2.75, 3.05) is 6.26 Å². The first-order valence-electron chi connectivity index (χ1n) is 7.33. The Hall–Kier alpha value is -1.93. The van der Waals surface area contributed by atoms with Gasteiger partial charge in [-0.1, -0.05) is 18.7 Å². The second-order valence-corrected chi connectivity index (χ2v) is 6.90. The van der Waals surface area contributed by atoms with Crippen LogP contribution in [0.2, 0.25) is 0 Å². The van der Waals surface area contributed by atoms with Gasteiger partial charge < -0.3 is 13.9 Å². The van der Waals surface area contributed by atoms with Gasteiger partial charge in [-0.2, -0.15) is 11.8 Å². The molecule has 0 bridgehead atoms. The Balaban J connectivity index is 1.91. The van der Waals surface area contributed by atoms with E-state index in [-0.39, 0.29) is 5.75 Å². The maximum atomic E-state index is 11.8. The van der Waals surface area contributed by atoms with E-state index < -0.39 is 5.63 Å². The molecule has 0 aliphatic heterocycles. The molecule has 3 aromatic rings. The van der Waals surface area contributed by atoms with E-state index >= 15 is 0 Å². The highest BCUT2D eigenvalue weighted by molar-refractivity contribution is 7.98. The number of aromatic hydroxyl groups is 1. The Morgan fingerprint density at radius 1 is 1.12 bits per heavy atom. The number of hydrogen-bond donors (Lipinski definition) is 1. The molecule has 0 saturated heterocycles. The van der Waals surface area contributed by atoms with Gasteiger partial charge in [0.25, 0.3) is 5.22 Å². The maximum Gasteiger partial charge on any atom is 0.336 e. The summed E-state index contributed by atoms with van der Waals surface area (Å²) in [5.41, 5.74) is 1.55. The summed E-state index contributed by atoms with van der Waals surface area (Å²) in [6.07, 6.45) is 2.66. The van der Waals surface area contributed by atoms with Gasteiger partial charge in [0.15, 0.2) is 0 Å². The van der Waals surface area contributed by atoms with E-state index in [4.69, 9.17) is 8.83 Å². The van der Waals surface area contributed by atoms with E-state index in [1.54, 1.807) is 11.8 Å². The van der Waals surface area contributed by atoms with Gasteiger partial charge in [0.2, 0.25) is 5.89 Å². The van der Waals surface area contributed by atoms with Crippen LogP contribution >= 0.6 is 23.5 Å². The topological polar surface area (TPSA) is 89.4 Å². The monoisotopic (exact) mass is 364 g/mol. The van der Waals surface area contributed by atoms with Crippen LogP contribution in [-0.2, 0) is 17.9 Å². The molecule has 8 heteroatoms. The van der Waals surface area contributed by atoms with Crippen molar-refractivity contribution in [1.29, 1.82) is 0 Å². The average Bonchev–Trinajstić information content (AvgIpc) is 3.00. The van der Waals surface area contributed by atoms with Crippen LogP contribution in [0.15, 0.2) is 37.1 Å². The smallest absolute Gasteiger partial charge is 0.336 e. The molecule has 0 fully saturated rings. The molecule has 0 amide bonds. The predicted octanol–water partition coefficient (Wildman–Crippen LogP) is 3.60. The lowest BCUT2D eigenvalue weighted by Crippen LogP contribution is -2.00. The highest BCUT2D eigenvalue weighted by Gasteiger charge is 2.12. The zero-order chi connectivity index (χ0) is 17.1. The van der Waals surface area contributed by atoms with Crippen LogP contribution in [-0.4, -0.2) is 21.6 Å². The van der Waals surface area contributed by atoms with Crippen LogP contribution in [0.3, 0.4) is 0 Å². The number of phenolic OH excluding ortho intramolecular Hbond substituents is 1. The van der Waals surface area contributed by atoms with Crippen LogP contribution in [0.5, 0.6) is 5.75 Å². The maximum absolute atomic E-state index is 11.8. The minimum Gasteiger partial charge on any atom is -0.508 e. The summed E-state index contributed by atoms with van der Waals surface area (Å²) in [5.74, 6) is 1.89. The Morgan fingerprint density at radius 3 is 2.71 bits per heavy atom. The number of nitrogens with zero attached hydrogens (tertiary/aromatic N) is 2. The summed E-state index contributed by atoms with van der Waals surface area (Å²) in [6.45, 7) is 1.96. The van der Waals surface area contributed by atoms with Crippen LogP contribution in [0.4, 0.5) is 0 Å². The van der Waals surface area contributed by atoms with Crippen molar-refractivity contribution in [3.05, 3.63) is 45.6 Å². The number of aromatic nitrogens is 2. The van der Waals surface area contributed by atoms with E-state index in [0.717, 1.165) is 16.5 Å². The third-order valence-corrected chi connectivity index (χ3v) is 4.88. The summed E-state index contributed by atoms with van der Waals surface area (Å²) in [4.78, 5) is 11.8. The van der Waals surface area contributed by atoms with Crippen molar-refractivity contribution in [2.45, 2.75) is 30.1 Å². The van der Waals surface area contributed by atoms with Gasteiger partial charge in [-0.3, -0.25) is 0 Å². The molecule has 2 heterocycles. The van der Waals surface area contributed by atoms with Crippen molar-refractivity contribution in [1.82, 2.24) is 10.2 Å². The van der Waals surface area contributed by atoms with E-state index in [9.17, 15) is 9.90 Å². The number of hydrogen-bond acceptors (Lipinski definition) is 8. The number of fused-ring (bicyclic) bond motifs is 1. The number of phenols is 1. The first-order chi connectivity index (χ1) is 11.6. The van der Waals surface area contributed by atoms with Crippen molar-refractivity contribution >= 4 is 34.5 Å². The van der Waals surface area contributed by atoms with Crippen LogP contribution in [0, 0.1) is 0 Å². The molecule has 1 N–H and O–H groups in total. The first kappa shape index (κ1) is 16.9. The Kier molecular flexibility index (Phi) is 5.15. The van der Waals surface area contributed by atoms with Crippen molar-refractivity contribution in [3.63, 3.8) is 0 Å². The molecule has 0 saturated carbocycles. The molecule has 126 valence electrons. The lowest BCUT2D eigenvalue weighted by atomic mass is 10.1. The quantitative estimate of drug-likeness (QED) is 0.524. The van der Waals surface area contributed by atoms with Gasteiger partial charge in [-0.15, -0.1) is 10.2 Å². The van der Waals surface area contributed by atoms with Gasteiger partial charge >= 0.3 is 5.63 Å². The van der Waals surface area contributed by atoms with Crippen LogP contribution in [0.1, 0.15) is 23.9 Å². The zero-order valence-electron chi connectivity index (χ0n) is 13.2. The largest absolute Gasteiger partial charge is 0.508 e.